The van der Waals surface area contributed by atoms with Crippen LogP contribution in [0, 0.1) is 0 Å². The molecule has 0 bridgehead atoms. The van der Waals surface area contributed by atoms with Gasteiger partial charge in [0, 0.05) is 5.75 Å². The van der Waals surface area contributed by atoms with Crippen molar-refractivity contribution in [2.75, 3.05) is 12.4 Å². The summed E-state index contributed by atoms with van der Waals surface area (Å²) in [4.78, 5) is 22.3. The summed E-state index contributed by atoms with van der Waals surface area (Å²) in [5.74, 6) is -1.04. The van der Waals surface area contributed by atoms with Gasteiger partial charge in [0.1, 0.15) is 12.0 Å². The van der Waals surface area contributed by atoms with E-state index >= 15 is 0 Å². The zero-order chi connectivity index (χ0) is 13.0. The molecule has 2 rings (SSSR count). The summed E-state index contributed by atoms with van der Waals surface area (Å²) in [6.07, 6.45) is -0.810. The molecule has 2 atom stereocenters. The number of hydrogen-bond acceptors (Lipinski definition) is 5. The quantitative estimate of drug-likeness (QED) is 0.832. The van der Waals surface area contributed by atoms with Gasteiger partial charge in [-0.15, -0.1) is 11.8 Å². The van der Waals surface area contributed by atoms with Gasteiger partial charge in [0.25, 0.3) is 0 Å². The number of aliphatic carboxylic acids is 1. The summed E-state index contributed by atoms with van der Waals surface area (Å²) in [7, 11) is 0. The normalized spacial score (nSPS) is 22.7. The molecule has 0 saturated carbocycles. The Morgan fingerprint density at radius 1 is 1.39 bits per heavy atom. The number of rotatable bonds is 4. The molecule has 18 heavy (non-hydrogen) atoms. The van der Waals surface area contributed by atoms with Crippen molar-refractivity contribution >= 4 is 23.7 Å². The third-order valence-electron chi connectivity index (χ3n) is 2.38. The Balaban J connectivity index is 1.79. The number of carbonyl (C=O) groups excluding carboxylic acids is 1. The third kappa shape index (κ3) is 3.24. The van der Waals surface area contributed by atoms with Gasteiger partial charge < -0.3 is 14.6 Å². The lowest BCUT2D eigenvalue weighted by atomic mass is 10.2. The highest BCUT2D eigenvalue weighted by Gasteiger charge is 2.31. The topological polar surface area (TPSA) is 72.8 Å². The molecule has 0 radical (unpaired) electrons. The fourth-order valence-corrected chi connectivity index (χ4v) is 2.46. The van der Waals surface area contributed by atoms with Crippen molar-refractivity contribution in [2.24, 2.45) is 0 Å². The van der Waals surface area contributed by atoms with Crippen molar-refractivity contribution in [3.05, 3.63) is 35.9 Å². The number of ether oxygens (including phenoxy) is 2. The van der Waals surface area contributed by atoms with Crippen molar-refractivity contribution in [1.82, 2.24) is 0 Å². The van der Waals surface area contributed by atoms with E-state index in [0.717, 1.165) is 0 Å². The first kappa shape index (κ1) is 12.9. The van der Waals surface area contributed by atoms with Gasteiger partial charge in [-0.1, -0.05) is 18.2 Å². The van der Waals surface area contributed by atoms with E-state index < -0.39 is 23.5 Å². The predicted octanol–water partition coefficient (Wildman–Crippen LogP) is 1.39. The first-order valence-electron chi connectivity index (χ1n) is 5.39. The minimum atomic E-state index is -0.987. The monoisotopic (exact) mass is 268 g/mol. The molecule has 1 aromatic carbocycles. The standard InChI is InChI=1S/C12H12O5S/c13-11(14)9-7-18-10(17-9)6-16-12(15)8-4-2-1-3-5-8/h1-5,9-10H,6-7H2,(H,13,14)/t9-,10+/m1/s1. The molecule has 0 unspecified atom stereocenters. The van der Waals surface area contributed by atoms with Crippen molar-refractivity contribution in [2.45, 2.75) is 11.5 Å². The maximum absolute atomic E-state index is 11.6. The molecule has 1 aliphatic heterocycles. The number of carboxylic acids is 1. The van der Waals surface area contributed by atoms with Gasteiger partial charge in [0.05, 0.1) is 5.56 Å². The predicted molar refractivity (Wildman–Crippen MR) is 65.5 cm³/mol. The highest BCUT2D eigenvalue weighted by molar-refractivity contribution is 8.00. The van der Waals surface area contributed by atoms with Crippen molar-refractivity contribution in [1.29, 1.82) is 0 Å². The molecular weight excluding hydrogens is 256 g/mol. The summed E-state index contributed by atoms with van der Waals surface area (Å²) >= 11 is 1.34. The Morgan fingerprint density at radius 3 is 2.72 bits per heavy atom. The number of thioether (sulfide) groups is 1. The van der Waals surface area contributed by atoms with Crippen LogP contribution in [-0.4, -0.2) is 40.9 Å². The third-order valence-corrected chi connectivity index (χ3v) is 3.50. The summed E-state index contributed by atoms with van der Waals surface area (Å²) < 4.78 is 10.3. The lowest BCUT2D eigenvalue weighted by Gasteiger charge is -2.10. The average molecular weight is 268 g/mol. The van der Waals surface area contributed by atoms with Crippen molar-refractivity contribution in [3.8, 4) is 0 Å². The van der Waals surface area contributed by atoms with Crippen LogP contribution in [0.5, 0.6) is 0 Å². The summed E-state index contributed by atoms with van der Waals surface area (Å²) in [6, 6.07) is 8.62. The molecule has 0 aliphatic carbocycles. The first-order chi connectivity index (χ1) is 8.66. The first-order valence-corrected chi connectivity index (χ1v) is 6.44. The van der Waals surface area contributed by atoms with Gasteiger partial charge >= 0.3 is 11.9 Å². The smallest absolute Gasteiger partial charge is 0.338 e. The minimum Gasteiger partial charge on any atom is -0.479 e. The second-order valence-corrected chi connectivity index (χ2v) is 4.88. The van der Waals surface area contributed by atoms with Gasteiger partial charge in [-0.2, -0.15) is 0 Å². The van der Waals surface area contributed by atoms with E-state index in [1.807, 2.05) is 6.07 Å². The van der Waals surface area contributed by atoms with Crippen LogP contribution >= 0.6 is 11.8 Å². The summed E-state index contributed by atoms with van der Waals surface area (Å²) in [5.41, 5.74) is 0.0639. The molecule has 6 heteroatoms. The number of esters is 1. The molecule has 1 saturated heterocycles. The van der Waals surface area contributed by atoms with E-state index in [-0.39, 0.29) is 6.61 Å². The lowest BCUT2D eigenvalue weighted by Crippen LogP contribution is -2.24. The Bertz CT molecular complexity index is 433. The number of carboxylic acid groups (broad SMARTS) is 1. The largest absolute Gasteiger partial charge is 0.479 e. The highest BCUT2D eigenvalue weighted by Crippen LogP contribution is 2.25. The molecule has 1 aliphatic rings. The van der Waals surface area contributed by atoms with Crippen LogP contribution in [-0.2, 0) is 14.3 Å². The molecule has 1 fully saturated rings. The van der Waals surface area contributed by atoms with Crippen LogP contribution in [0.4, 0.5) is 0 Å². The fourth-order valence-electron chi connectivity index (χ4n) is 1.47. The van der Waals surface area contributed by atoms with Gasteiger partial charge in [-0.05, 0) is 12.1 Å². The average Bonchev–Trinajstić information content (AvgIpc) is 2.86. The van der Waals surface area contributed by atoms with E-state index in [9.17, 15) is 9.59 Å². The van der Waals surface area contributed by atoms with Crippen molar-refractivity contribution < 1.29 is 24.2 Å². The molecule has 1 N–H and O–H groups in total. The van der Waals surface area contributed by atoms with E-state index in [1.54, 1.807) is 24.3 Å². The van der Waals surface area contributed by atoms with Crippen LogP contribution < -0.4 is 0 Å². The van der Waals surface area contributed by atoms with E-state index in [2.05, 4.69) is 0 Å². The maximum Gasteiger partial charge on any atom is 0.338 e. The molecule has 0 spiro atoms. The Morgan fingerprint density at radius 2 is 2.11 bits per heavy atom. The van der Waals surface area contributed by atoms with Crippen LogP contribution in [0.1, 0.15) is 10.4 Å². The second kappa shape index (κ2) is 5.88. The zero-order valence-corrected chi connectivity index (χ0v) is 10.3. The number of hydrogen-bond donors (Lipinski definition) is 1. The Labute approximate surface area is 108 Å². The fraction of sp³-hybridized carbons (Fsp3) is 0.333. The number of carbonyl (C=O) groups is 2. The molecular formula is C12H12O5S. The molecule has 1 heterocycles. The highest BCUT2D eigenvalue weighted by atomic mass is 32.2. The van der Waals surface area contributed by atoms with Crippen LogP contribution in [0.2, 0.25) is 0 Å². The van der Waals surface area contributed by atoms with Gasteiger partial charge in [-0.25, -0.2) is 9.59 Å². The summed E-state index contributed by atoms with van der Waals surface area (Å²) in [5, 5.41) is 8.74. The SMILES string of the molecule is O=C(OC[C@H]1O[C@@H](C(=O)O)CS1)c1ccccc1. The lowest BCUT2D eigenvalue weighted by molar-refractivity contribution is -0.149. The maximum atomic E-state index is 11.6. The van der Waals surface area contributed by atoms with Crippen LogP contribution in [0.25, 0.3) is 0 Å². The van der Waals surface area contributed by atoms with Crippen LogP contribution in [0.15, 0.2) is 30.3 Å². The van der Waals surface area contributed by atoms with E-state index in [0.29, 0.717) is 11.3 Å². The Hall–Kier alpha value is -1.53. The van der Waals surface area contributed by atoms with Gasteiger partial charge in [0.15, 0.2) is 6.10 Å². The van der Waals surface area contributed by atoms with E-state index in [1.165, 1.54) is 11.8 Å². The summed E-state index contributed by atoms with van der Waals surface area (Å²) in [6.45, 7) is 0.0577. The van der Waals surface area contributed by atoms with E-state index in [4.69, 9.17) is 14.6 Å². The zero-order valence-electron chi connectivity index (χ0n) is 9.44. The molecule has 96 valence electrons. The minimum absolute atomic E-state index is 0.0577. The van der Waals surface area contributed by atoms with Gasteiger partial charge in [0.2, 0.25) is 0 Å². The van der Waals surface area contributed by atoms with Crippen LogP contribution in [0.3, 0.4) is 0 Å². The number of benzene rings is 1. The molecule has 5 nitrogen and oxygen atoms in total. The second-order valence-electron chi connectivity index (χ2n) is 3.69. The Kier molecular flexibility index (Phi) is 4.22. The van der Waals surface area contributed by atoms with Gasteiger partial charge in [-0.3, -0.25) is 0 Å². The molecule has 1 aromatic rings. The van der Waals surface area contributed by atoms with Crippen molar-refractivity contribution in [3.63, 3.8) is 0 Å². The molecule has 0 aromatic heterocycles. The molecule has 0 amide bonds.